The van der Waals surface area contributed by atoms with Gasteiger partial charge in [-0.15, -0.1) is 0 Å². The number of aromatic nitrogens is 4. The van der Waals surface area contributed by atoms with E-state index in [1.54, 1.807) is 30.5 Å². The van der Waals surface area contributed by atoms with Crippen LogP contribution in [-0.2, 0) is 11.1 Å². The number of nitrogens with one attached hydrogen (secondary N) is 1. The minimum absolute atomic E-state index is 0.0371. The first-order valence-electron chi connectivity index (χ1n) is 9.31. The van der Waals surface area contributed by atoms with E-state index in [-0.39, 0.29) is 36.8 Å². The van der Waals surface area contributed by atoms with Crippen LogP contribution < -0.4 is 21.7 Å². The largest absolute Gasteiger partial charge is 0.382 e. The average molecular weight is 446 g/mol. The van der Waals surface area contributed by atoms with Crippen molar-refractivity contribution in [2.24, 2.45) is 0 Å². The molecule has 0 spiro atoms. The van der Waals surface area contributed by atoms with Crippen molar-refractivity contribution in [3.8, 4) is 0 Å². The second kappa shape index (κ2) is 9.21. The molecule has 3 aromatic rings. The lowest BCUT2D eigenvalue weighted by atomic mass is 10.2. The number of carbonyl (C=O) groups excluding carboxylic acids is 1. The number of hydrogen-bond donors (Lipinski definition) is 5. The van der Waals surface area contributed by atoms with Crippen LogP contribution in [0, 0.1) is 0 Å². The molecule has 0 aliphatic heterocycles. The van der Waals surface area contributed by atoms with Crippen LogP contribution in [0.1, 0.15) is 22.5 Å². The molecule has 0 saturated heterocycles. The molecule has 3 rings (SSSR count). The first-order chi connectivity index (χ1) is 14.6. The lowest BCUT2D eigenvalue weighted by Crippen LogP contribution is -2.25. The highest BCUT2D eigenvalue weighted by atomic mass is 31.2. The Balaban J connectivity index is 1.61. The Morgan fingerprint density at radius 3 is 2.55 bits per heavy atom. The molecule has 0 aliphatic rings. The highest BCUT2D eigenvalue weighted by Gasteiger charge is 2.13. The lowest BCUT2D eigenvalue weighted by Gasteiger charge is -2.19. The van der Waals surface area contributed by atoms with E-state index >= 15 is 0 Å². The van der Waals surface area contributed by atoms with Gasteiger partial charge in [0, 0.05) is 24.8 Å². The minimum atomic E-state index is -4.05. The maximum absolute atomic E-state index is 12.2. The SMILES string of the molecule is CN(Cc1cnc2nc(N)nc(N)c2n1)c1ccc(C(=O)NCCCP(=O)(O)O)cc1. The standard InChI is InChI=1S/C18H23N8O4P/c1-26(10-12-9-22-16-14(23-12)15(19)24-18(20)25-16)13-5-3-11(4-6-13)17(27)21-7-2-8-31(28,29)30/h3-6,9H,2,7-8,10H2,1H3,(H,21,27)(H2,28,29,30)(H4,19,20,22,24,25). The fraction of sp³-hybridized carbons (Fsp3) is 0.278. The monoisotopic (exact) mass is 446 g/mol. The quantitative estimate of drug-likeness (QED) is 0.239. The number of anilines is 3. The molecule has 0 unspecified atom stereocenters. The van der Waals surface area contributed by atoms with Crippen molar-refractivity contribution in [3.05, 3.63) is 41.7 Å². The fourth-order valence-electron chi connectivity index (χ4n) is 2.85. The summed E-state index contributed by atoms with van der Waals surface area (Å²) in [5, 5.41) is 2.64. The van der Waals surface area contributed by atoms with Crippen LogP contribution in [0.3, 0.4) is 0 Å². The van der Waals surface area contributed by atoms with Crippen molar-refractivity contribution in [1.29, 1.82) is 0 Å². The van der Waals surface area contributed by atoms with Crippen molar-refractivity contribution in [2.45, 2.75) is 13.0 Å². The van der Waals surface area contributed by atoms with Gasteiger partial charge in [-0.25, -0.2) is 9.97 Å². The summed E-state index contributed by atoms with van der Waals surface area (Å²) in [7, 11) is -2.18. The lowest BCUT2D eigenvalue weighted by molar-refractivity contribution is 0.0953. The molecule has 0 saturated carbocycles. The minimum Gasteiger partial charge on any atom is -0.382 e. The van der Waals surface area contributed by atoms with Gasteiger partial charge in [0.2, 0.25) is 5.95 Å². The van der Waals surface area contributed by atoms with E-state index in [0.29, 0.717) is 29.0 Å². The summed E-state index contributed by atoms with van der Waals surface area (Å²) in [6.45, 7) is 0.616. The summed E-state index contributed by atoms with van der Waals surface area (Å²) in [6, 6.07) is 6.92. The van der Waals surface area contributed by atoms with Crippen LogP contribution in [0.5, 0.6) is 0 Å². The van der Waals surface area contributed by atoms with E-state index in [2.05, 4.69) is 25.3 Å². The van der Waals surface area contributed by atoms with Crippen molar-refractivity contribution in [1.82, 2.24) is 25.3 Å². The summed E-state index contributed by atoms with van der Waals surface area (Å²) >= 11 is 0. The second-order valence-electron chi connectivity index (χ2n) is 6.90. The number of amides is 1. The summed E-state index contributed by atoms with van der Waals surface area (Å²) < 4.78 is 10.8. The van der Waals surface area contributed by atoms with Crippen LogP contribution in [0.15, 0.2) is 30.5 Å². The van der Waals surface area contributed by atoms with Crippen molar-refractivity contribution in [3.63, 3.8) is 0 Å². The predicted molar refractivity (Wildman–Crippen MR) is 116 cm³/mol. The maximum Gasteiger partial charge on any atom is 0.325 e. The van der Waals surface area contributed by atoms with Crippen LogP contribution in [-0.4, -0.2) is 55.4 Å². The third-order valence-electron chi connectivity index (χ3n) is 4.38. The smallest absolute Gasteiger partial charge is 0.325 e. The van der Waals surface area contributed by atoms with Crippen LogP contribution in [0.4, 0.5) is 17.5 Å². The van der Waals surface area contributed by atoms with Crippen molar-refractivity contribution >= 4 is 42.1 Å². The van der Waals surface area contributed by atoms with E-state index in [1.165, 1.54) is 0 Å². The van der Waals surface area contributed by atoms with Crippen LogP contribution in [0.2, 0.25) is 0 Å². The van der Waals surface area contributed by atoms with Gasteiger partial charge in [0.1, 0.15) is 0 Å². The van der Waals surface area contributed by atoms with Crippen LogP contribution >= 0.6 is 7.60 Å². The third-order valence-corrected chi connectivity index (χ3v) is 5.28. The Bertz CT molecular complexity index is 1140. The number of benzene rings is 1. The Morgan fingerprint density at radius 1 is 1.16 bits per heavy atom. The van der Waals surface area contributed by atoms with Gasteiger partial charge < -0.3 is 31.5 Å². The Kier molecular flexibility index (Phi) is 6.64. The third kappa shape index (κ3) is 6.07. The first-order valence-corrected chi connectivity index (χ1v) is 11.1. The van der Waals surface area contributed by atoms with Gasteiger partial charge >= 0.3 is 7.60 Å². The molecule has 12 nitrogen and oxygen atoms in total. The van der Waals surface area contributed by atoms with Gasteiger partial charge in [0.15, 0.2) is 17.0 Å². The molecular formula is C18H23N8O4P. The van der Waals surface area contributed by atoms with Crippen molar-refractivity contribution in [2.75, 3.05) is 36.1 Å². The number of nitrogens with zero attached hydrogens (tertiary/aromatic N) is 5. The van der Waals surface area contributed by atoms with E-state index < -0.39 is 7.60 Å². The summed E-state index contributed by atoms with van der Waals surface area (Å²) in [5.74, 6) is -0.110. The van der Waals surface area contributed by atoms with Gasteiger partial charge in [0.05, 0.1) is 24.6 Å². The molecule has 7 N–H and O–H groups in total. The molecule has 0 radical (unpaired) electrons. The molecule has 0 bridgehead atoms. The zero-order valence-corrected chi connectivity index (χ0v) is 17.7. The molecule has 1 amide bonds. The first kappa shape index (κ1) is 22.3. The van der Waals surface area contributed by atoms with E-state index in [1.807, 2.05) is 11.9 Å². The highest BCUT2D eigenvalue weighted by molar-refractivity contribution is 7.51. The van der Waals surface area contributed by atoms with Gasteiger partial charge in [-0.3, -0.25) is 9.36 Å². The molecule has 164 valence electrons. The molecule has 13 heteroatoms. The molecule has 2 aromatic heterocycles. The predicted octanol–water partition coefficient (Wildman–Crippen LogP) is 0.518. The molecule has 0 aliphatic carbocycles. The Hall–Kier alpha value is -3.34. The molecule has 1 aromatic carbocycles. The number of hydrogen-bond acceptors (Lipinski definition) is 9. The summed E-state index contributed by atoms with van der Waals surface area (Å²) in [5.41, 5.74) is 14.1. The molecule has 31 heavy (non-hydrogen) atoms. The molecule has 0 atom stereocenters. The maximum atomic E-state index is 12.2. The fourth-order valence-corrected chi connectivity index (χ4v) is 3.42. The van der Waals surface area contributed by atoms with Gasteiger partial charge in [-0.05, 0) is 30.7 Å². The molecular weight excluding hydrogens is 423 g/mol. The Morgan fingerprint density at radius 2 is 1.87 bits per heavy atom. The second-order valence-corrected chi connectivity index (χ2v) is 8.68. The topological polar surface area (TPSA) is 193 Å². The van der Waals surface area contributed by atoms with Gasteiger partial charge in [-0.1, -0.05) is 0 Å². The number of fused-ring (bicyclic) bond motifs is 1. The highest BCUT2D eigenvalue weighted by Crippen LogP contribution is 2.34. The van der Waals surface area contributed by atoms with E-state index in [4.69, 9.17) is 21.3 Å². The Labute approximate surface area is 177 Å². The zero-order chi connectivity index (χ0) is 22.6. The molecule has 0 fully saturated rings. The van der Waals surface area contributed by atoms with Crippen molar-refractivity contribution < 1.29 is 19.1 Å². The number of nitrogens with two attached hydrogens (primary N) is 2. The summed E-state index contributed by atoms with van der Waals surface area (Å²) in [6.07, 6.45) is 1.52. The normalized spacial score (nSPS) is 11.5. The van der Waals surface area contributed by atoms with Gasteiger partial charge in [0.25, 0.3) is 5.91 Å². The summed E-state index contributed by atoms with van der Waals surface area (Å²) in [4.78, 5) is 48.3. The number of rotatable bonds is 8. The van der Waals surface area contributed by atoms with Crippen LogP contribution in [0.25, 0.3) is 11.2 Å². The number of carbonyl (C=O) groups is 1. The van der Waals surface area contributed by atoms with E-state index in [9.17, 15) is 9.36 Å². The van der Waals surface area contributed by atoms with E-state index in [0.717, 1.165) is 5.69 Å². The number of nitrogen functional groups attached to an aromatic ring is 2. The molecule has 2 heterocycles. The average Bonchev–Trinajstić information content (AvgIpc) is 2.71. The van der Waals surface area contributed by atoms with Gasteiger partial charge in [-0.2, -0.15) is 9.97 Å². The zero-order valence-electron chi connectivity index (χ0n) is 16.8.